The Morgan fingerprint density at radius 2 is 2.05 bits per heavy atom. The van der Waals surface area contributed by atoms with Crippen LogP contribution in [-0.4, -0.2) is 31.6 Å². The van der Waals surface area contributed by atoms with Crippen LogP contribution in [0, 0.1) is 6.42 Å². The summed E-state index contributed by atoms with van der Waals surface area (Å²) < 4.78 is 10.4. The fraction of sp³-hybridized carbons (Fsp3) is 0.385. The van der Waals surface area contributed by atoms with E-state index in [4.69, 9.17) is 9.47 Å². The van der Waals surface area contributed by atoms with Gasteiger partial charge in [-0.15, -0.1) is 30.5 Å². The summed E-state index contributed by atoms with van der Waals surface area (Å²) in [5, 5.41) is 0. The molecule has 1 aromatic carbocycles. The largest absolute Gasteiger partial charge is 0.497 e. The van der Waals surface area contributed by atoms with Crippen LogP contribution in [0.15, 0.2) is 18.2 Å². The molecule has 1 aromatic rings. The van der Waals surface area contributed by atoms with Crippen molar-refractivity contribution >= 4 is 29.9 Å². The summed E-state index contributed by atoms with van der Waals surface area (Å²) in [5.74, 6) is 1.68. The maximum absolute atomic E-state index is 11.5. The van der Waals surface area contributed by atoms with Crippen molar-refractivity contribution in [1.82, 2.24) is 4.90 Å². The van der Waals surface area contributed by atoms with E-state index in [-0.39, 0.29) is 49.4 Å². The van der Waals surface area contributed by atoms with Gasteiger partial charge >= 0.3 is 0 Å². The van der Waals surface area contributed by atoms with Gasteiger partial charge in [-0.3, -0.25) is 4.79 Å². The molecule has 1 amide bonds. The van der Waals surface area contributed by atoms with Crippen LogP contribution in [0.4, 0.5) is 0 Å². The Balaban J connectivity index is 0.00000162. The Kier molecular flexibility index (Phi) is 8.58. The van der Waals surface area contributed by atoms with Crippen molar-refractivity contribution in [2.45, 2.75) is 13.0 Å². The minimum absolute atomic E-state index is 0. The average molecular weight is 428 g/mol. The van der Waals surface area contributed by atoms with Crippen LogP contribution in [0.1, 0.15) is 12.0 Å². The fourth-order valence-corrected chi connectivity index (χ4v) is 1.92. The van der Waals surface area contributed by atoms with Crippen molar-refractivity contribution in [3.63, 3.8) is 0 Å². The van der Waals surface area contributed by atoms with Crippen molar-refractivity contribution in [1.29, 1.82) is 0 Å². The van der Waals surface area contributed by atoms with Crippen molar-refractivity contribution in [3.8, 4) is 11.5 Å². The first-order valence-corrected chi connectivity index (χ1v) is 5.55. The number of methoxy groups -OCH3 is 2. The molecular formula is C13H17INO3Zn-. The second-order valence-electron chi connectivity index (χ2n) is 3.94. The molecule has 0 radical (unpaired) electrons. The molecule has 1 fully saturated rings. The monoisotopic (exact) mass is 426 g/mol. The van der Waals surface area contributed by atoms with Crippen LogP contribution in [0.25, 0.3) is 0 Å². The fourth-order valence-electron chi connectivity index (χ4n) is 1.92. The average Bonchev–Trinajstić information content (AvgIpc) is 2.75. The van der Waals surface area contributed by atoms with Gasteiger partial charge in [-0.2, -0.15) is 0 Å². The zero-order chi connectivity index (χ0) is 12.3. The van der Waals surface area contributed by atoms with Gasteiger partial charge < -0.3 is 20.8 Å². The summed E-state index contributed by atoms with van der Waals surface area (Å²) >= 11 is 0. The van der Waals surface area contributed by atoms with Gasteiger partial charge in [-0.25, -0.2) is 0 Å². The summed E-state index contributed by atoms with van der Waals surface area (Å²) in [6.07, 6.45) is 2.52. The molecular weight excluding hydrogens is 410 g/mol. The number of benzene rings is 1. The maximum Gasteiger partial charge on any atom is 0.190 e. The van der Waals surface area contributed by atoms with Crippen LogP contribution < -0.4 is 9.47 Å². The molecule has 0 N–H and O–H groups in total. The number of carbonyl (C=O) groups excluding carboxylic acids is 1. The van der Waals surface area contributed by atoms with Gasteiger partial charge in [0.05, 0.1) is 14.2 Å². The van der Waals surface area contributed by atoms with Crippen LogP contribution in [-0.2, 0) is 30.8 Å². The van der Waals surface area contributed by atoms with Gasteiger partial charge in [-0.05, 0) is 12.1 Å². The van der Waals surface area contributed by atoms with E-state index in [0.717, 1.165) is 17.1 Å². The van der Waals surface area contributed by atoms with Crippen molar-refractivity contribution in [3.05, 3.63) is 30.2 Å². The number of carbonyl (C=O) groups is 1. The molecule has 0 bridgehead atoms. The van der Waals surface area contributed by atoms with E-state index in [0.29, 0.717) is 19.5 Å². The van der Waals surface area contributed by atoms with Crippen molar-refractivity contribution in [2.24, 2.45) is 0 Å². The topological polar surface area (TPSA) is 38.8 Å². The molecule has 0 aromatic heterocycles. The molecule has 2 rings (SSSR count). The van der Waals surface area contributed by atoms with E-state index in [1.165, 1.54) is 0 Å². The molecule has 6 heteroatoms. The predicted octanol–water partition coefficient (Wildman–Crippen LogP) is 2.26. The third kappa shape index (κ3) is 4.60. The van der Waals surface area contributed by atoms with E-state index in [1.54, 1.807) is 14.2 Å². The second kappa shape index (κ2) is 8.74. The van der Waals surface area contributed by atoms with Gasteiger partial charge in [0.1, 0.15) is 11.5 Å². The zero-order valence-electron chi connectivity index (χ0n) is 11.2. The van der Waals surface area contributed by atoms with Gasteiger partial charge in [0.15, 0.2) is 5.91 Å². The van der Waals surface area contributed by atoms with E-state index in [9.17, 15) is 4.79 Å². The summed E-state index contributed by atoms with van der Waals surface area (Å²) in [5.41, 5.74) is 0.997. The first-order chi connectivity index (χ1) is 8.24. The number of hydrogen-bond acceptors (Lipinski definition) is 3. The van der Waals surface area contributed by atoms with E-state index in [1.807, 2.05) is 29.5 Å². The van der Waals surface area contributed by atoms with Gasteiger partial charge in [0.25, 0.3) is 0 Å². The molecule has 1 heterocycles. The van der Waals surface area contributed by atoms with Crippen LogP contribution in [0.3, 0.4) is 0 Å². The summed E-state index contributed by atoms with van der Waals surface area (Å²) in [6, 6.07) is 5.64. The standard InChI is InChI=1S/C13H16NO3.HI.Zn/c1-16-11-6-5-10(12(8-11)17-2)9-14-7-3-4-13(14)15;;/h3,5-6,8H,4,7,9H2,1-2H3;1H;/q-1;;. The quantitative estimate of drug-likeness (QED) is 0.420. The number of halogens is 1. The zero-order valence-corrected chi connectivity index (χ0v) is 16.5. The summed E-state index contributed by atoms with van der Waals surface area (Å²) in [4.78, 5) is 13.3. The normalized spacial score (nSPS) is 13.6. The Morgan fingerprint density at radius 3 is 2.58 bits per heavy atom. The van der Waals surface area contributed by atoms with E-state index >= 15 is 0 Å². The van der Waals surface area contributed by atoms with Gasteiger partial charge in [0, 0.05) is 37.7 Å². The van der Waals surface area contributed by atoms with Crippen LogP contribution >= 0.6 is 24.0 Å². The van der Waals surface area contributed by atoms with E-state index < -0.39 is 0 Å². The number of amides is 1. The molecule has 102 valence electrons. The number of likely N-dealkylation sites (tertiary alicyclic amines) is 1. The number of nitrogens with zero attached hydrogens (tertiary/aromatic N) is 1. The molecule has 0 aliphatic carbocycles. The molecule has 0 saturated carbocycles. The Hall–Kier alpha value is -0.357. The van der Waals surface area contributed by atoms with E-state index in [2.05, 4.69) is 0 Å². The van der Waals surface area contributed by atoms with Gasteiger partial charge in [-0.1, -0.05) is 6.42 Å². The van der Waals surface area contributed by atoms with Crippen molar-refractivity contribution < 1.29 is 33.7 Å². The second-order valence-corrected chi connectivity index (χ2v) is 3.94. The van der Waals surface area contributed by atoms with Gasteiger partial charge in [0.2, 0.25) is 0 Å². The minimum Gasteiger partial charge on any atom is -0.497 e. The molecule has 1 aliphatic heterocycles. The minimum atomic E-state index is 0. The smallest absolute Gasteiger partial charge is 0.190 e. The molecule has 19 heavy (non-hydrogen) atoms. The number of rotatable bonds is 4. The Bertz CT molecular complexity index is 428. The third-order valence-corrected chi connectivity index (χ3v) is 2.88. The molecule has 0 atom stereocenters. The third-order valence-electron chi connectivity index (χ3n) is 2.88. The van der Waals surface area contributed by atoms with Crippen LogP contribution in [0.2, 0.25) is 0 Å². The SMILES string of the molecule is COc1ccc(CN2C[CH-]CC2=O)c(OC)c1.I.[Zn]. The summed E-state index contributed by atoms with van der Waals surface area (Å²) in [6.45, 7) is 1.30. The maximum atomic E-state index is 11.5. The predicted molar refractivity (Wildman–Crippen MR) is 79.3 cm³/mol. The molecule has 0 spiro atoms. The molecule has 4 nitrogen and oxygen atoms in total. The Labute approximate surface area is 143 Å². The summed E-state index contributed by atoms with van der Waals surface area (Å²) in [7, 11) is 3.24. The first kappa shape index (κ1) is 18.6. The molecule has 1 saturated heterocycles. The Morgan fingerprint density at radius 1 is 1.32 bits per heavy atom. The number of hydrogen-bond donors (Lipinski definition) is 0. The van der Waals surface area contributed by atoms with Crippen LogP contribution in [0.5, 0.6) is 11.5 Å². The molecule has 0 unspecified atom stereocenters. The van der Waals surface area contributed by atoms with Crippen molar-refractivity contribution in [2.75, 3.05) is 20.8 Å². The molecule has 1 aliphatic rings. The first-order valence-electron chi connectivity index (χ1n) is 5.55. The number of ether oxygens (including phenoxy) is 2.